The van der Waals surface area contributed by atoms with Crippen LogP contribution in [0, 0.1) is 0 Å². The van der Waals surface area contributed by atoms with E-state index in [1.165, 1.54) is 17.7 Å². The molecule has 1 aromatic heterocycles. The number of aryl methyl sites for hydroxylation is 1. The molecule has 0 atom stereocenters. The van der Waals surface area contributed by atoms with Crippen molar-refractivity contribution in [1.82, 2.24) is 9.97 Å². The molecule has 3 aromatic rings. The van der Waals surface area contributed by atoms with Crippen molar-refractivity contribution < 1.29 is 18.0 Å². The predicted molar refractivity (Wildman–Crippen MR) is 96.7 cm³/mol. The van der Waals surface area contributed by atoms with Crippen LogP contribution in [0.25, 0.3) is 11.0 Å². The second-order valence-electron chi connectivity index (χ2n) is 6.52. The standard InChI is InChI=1S/C19H17F3N4O/c20-19(21,22)18-24-14-8-7-13(10-15(14)25-18)23-17(27)11-26-9-3-5-12-4-1-2-6-16(12)26/h1-2,4,6-8,10H,3,5,9,11H2,(H,23,27)(H,24,25). The maximum absolute atomic E-state index is 12.7. The van der Waals surface area contributed by atoms with Crippen molar-refractivity contribution in [3.8, 4) is 0 Å². The van der Waals surface area contributed by atoms with Crippen LogP contribution in [-0.2, 0) is 17.4 Å². The minimum atomic E-state index is -4.54. The Hall–Kier alpha value is -3.03. The number of anilines is 2. The molecule has 2 N–H and O–H groups in total. The number of nitrogens with one attached hydrogen (secondary N) is 2. The van der Waals surface area contributed by atoms with E-state index in [0.717, 1.165) is 25.1 Å². The molecule has 8 heteroatoms. The third-order valence-corrected chi connectivity index (χ3v) is 4.58. The first-order valence-corrected chi connectivity index (χ1v) is 8.60. The number of halogens is 3. The summed E-state index contributed by atoms with van der Waals surface area (Å²) in [6.07, 6.45) is -2.57. The number of amides is 1. The van der Waals surface area contributed by atoms with Crippen LogP contribution in [0.4, 0.5) is 24.5 Å². The van der Waals surface area contributed by atoms with Crippen molar-refractivity contribution in [3.05, 3.63) is 53.9 Å². The van der Waals surface area contributed by atoms with Gasteiger partial charge >= 0.3 is 6.18 Å². The fourth-order valence-corrected chi connectivity index (χ4v) is 3.37. The van der Waals surface area contributed by atoms with E-state index in [-0.39, 0.29) is 23.5 Å². The molecular weight excluding hydrogens is 357 g/mol. The van der Waals surface area contributed by atoms with Gasteiger partial charge in [0, 0.05) is 17.9 Å². The van der Waals surface area contributed by atoms with Gasteiger partial charge in [-0.15, -0.1) is 0 Å². The normalized spacial score (nSPS) is 14.3. The van der Waals surface area contributed by atoms with E-state index >= 15 is 0 Å². The number of fused-ring (bicyclic) bond motifs is 2. The van der Waals surface area contributed by atoms with Crippen LogP contribution in [-0.4, -0.2) is 29.0 Å². The molecule has 5 nitrogen and oxygen atoms in total. The number of hydrogen-bond donors (Lipinski definition) is 2. The lowest BCUT2D eigenvalue weighted by molar-refractivity contribution is -0.144. The van der Waals surface area contributed by atoms with E-state index in [0.29, 0.717) is 5.69 Å². The number of rotatable bonds is 3. The summed E-state index contributed by atoms with van der Waals surface area (Å²) < 4.78 is 38.2. The Labute approximate surface area is 153 Å². The van der Waals surface area contributed by atoms with Crippen LogP contribution in [0.2, 0.25) is 0 Å². The predicted octanol–water partition coefficient (Wildman–Crippen LogP) is 3.97. The maximum Gasteiger partial charge on any atom is 0.449 e. The van der Waals surface area contributed by atoms with E-state index in [1.807, 2.05) is 23.1 Å². The van der Waals surface area contributed by atoms with E-state index in [1.54, 1.807) is 6.07 Å². The van der Waals surface area contributed by atoms with Crippen LogP contribution < -0.4 is 10.2 Å². The molecular formula is C19H17F3N4O. The van der Waals surface area contributed by atoms with Gasteiger partial charge in [-0.1, -0.05) is 18.2 Å². The fraction of sp³-hybridized carbons (Fsp3) is 0.263. The van der Waals surface area contributed by atoms with Crippen LogP contribution >= 0.6 is 0 Å². The summed E-state index contributed by atoms with van der Waals surface area (Å²) >= 11 is 0. The van der Waals surface area contributed by atoms with Gasteiger partial charge in [0.1, 0.15) is 0 Å². The monoisotopic (exact) mass is 374 g/mol. The number of carbonyl (C=O) groups excluding carboxylic acids is 1. The average molecular weight is 374 g/mol. The summed E-state index contributed by atoms with van der Waals surface area (Å²) in [4.78, 5) is 20.2. The summed E-state index contributed by atoms with van der Waals surface area (Å²) in [5.41, 5.74) is 3.12. The van der Waals surface area contributed by atoms with Gasteiger partial charge < -0.3 is 15.2 Å². The number of H-pyrrole nitrogens is 1. The van der Waals surface area contributed by atoms with Crippen LogP contribution in [0.1, 0.15) is 17.8 Å². The van der Waals surface area contributed by atoms with Gasteiger partial charge in [0.2, 0.25) is 11.7 Å². The number of imidazole rings is 1. The first kappa shape index (κ1) is 17.4. The molecule has 1 aliphatic heterocycles. The maximum atomic E-state index is 12.7. The number of benzene rings is 2. The quantitative estimate of drug-likeness (QED) is 0.729. The molecule has 0 bridgehead atoms. The highest BCUT2D eigenvalue weighted by atomic mass is 19.4. The third kappa shape index (κ3) is 3.60. The molecule has 0 fully saturated rings. The zero-order chi connectivity index (χ0) is 19.0. The first-order chi connectivity index (χ1) is 12.9. The van der Waals surface area contributed by atoms with E-state index in [4.69, 9.17) is 0 Å². The molecule has 1 aliphatic rings. The number of aromatic nitrogens is 2. The fourth-order valence-electron chi connectivity index (χ4n) is 3.37. The van der Waals surface area contributed by atoms with E-state index in [2.05, 4.69) is 21.4 Å². The molecule has 2 aromatic carbocycles. The summed E-state index contributed by atoms with van der Waals surface area (Å²) in [5.74, 6) is -1.27. The van der Waals surface area contributed by atoms with Gasteiger partial charge in [-0.05, 0) is 42.7 Å². The Morgan fingerprint density at radius 2 is 2.04 bits per heavy atom. The van der Waals surface area contributed by atoms with Gasteiger partial charge in [-0.2, -0.15) is 13.2 Å². The minimum Gasteiger partial charge on any atom is -0.362 e. The number of alkyl halides is 3. The first-order valence-electron chi connectivity index (χ1n) is 8.60. The zero-order valence-corrected chi connectivity index (χ0v) is 14.3. The van der Waals surface area contributed by atoms with Crippen molar-refractivity contribution in [2.24, 2.45) is 0 Å². The summed E-state index contributed by atoms with van der Waals surface area (Å²) in [5, 5.41) is 2.75. The van der Waals surface area contributed by atoms with Crippen molar-refractivity contribution in [2.45, 2.75) is 19.0 Å². The van der Waals surface area contributed by atoms with Crippen molar-refractivity contribution >= 4 is 28.3 Å². The number of hydrogen-bond acceptors (Lipinski definition) is 3. The van der Waals surface area contributed by atoms with Crippen molar-refractivity contribution in [3.63, 3.8) is 0 Å². The molecule has 0 aliphatic carbocycles. The molecule has 1 amide bonds. The topological polar surface area (TPSA) is 61.0 Å². The molecule has 27 heavy (non-hydrogen) atoms. The van der Waals surface area contributed by atoms with Crippen molar-refractivity contribution in [1.29, 1.82) is 0 Å². The Bertz CT molecular complexity index is 996. The SMILES string of the molecule is O=C(CN1CCCc2ccccc21)Nc1ccc2nc(C(F)(F)F)[nH]c2c1. The molecule has 0 unspecified atom stereocenters. The summed E-state index contributed by atoms with van der Waals surface area (Å²) in [6, 6.07) is 12.4. The highest BCUT2D eigenvalue weighted by Gasteiger charge is 2.34. The minimum absolute atomic E-state index is 0.186. The molecule has 2 heterocycles. The molecule has 0 saturated heterocycles. The second-order valence-corrected chi connectivity index (χ2v) is 6.52. The molecule has 140 valence electrons. The van der Waals surface area contributed by atoms with Gasteiger partial charge in [0.05, 0.1) is 17.6 Å². The van der Waals surface area contributed by atoms with Gasteiger partial charge in [0.15, 0.2) is 0 Å². The number of carbonyl (C=O) groups is 1. The number of aromatic amines is 1. The summed E-state index contributed by atoms with van der Waals surface area (Å²) in [6.45, 7) is 0.977. The lowest BCUT2D eigenvalue weighted by Gasteiger charge is -2.30. The smallest absolute Gasteiger partial charge is 0.362 e. The Balaban J connectivity index is 1.49. The van der Waals surface area contributed by atoms with E-state index in [9.17, 15) is 18.0 Å². The highest BCUT2D eigenvalue weighted by Crippen LogP contribution is 2.29. The van der Waals surface area contributed by atoms with Gasteiger partial charge in [0.25, 0.3) is 0 Å². The van der Waals surface area contributed by atoms with Gasteiger partial charge in [-0.3, -0.25) is 4.79 Å². The molecule has 0 saturated carbocycles. The molecule has 4 rings (SSSR count). The summed E-state index contributed by atoms with van der Waals surface area (Å²) in [7, 11) is 0. The largest absolute Gasteiger partial charge is 0.449 e. The molecule has 0 spiro atoms. The van der Waals surface area contributed by atoms with Crippen LogP contribution in [0.3, 0.4) is 0 Å². The third-order valence-electron chi connectivity index (χ3n) is 4.58. The van der Waals surface area contributed by atoms with Crippen molar-refractivity contribution in [2.75, 3.05) is 23.3 Å². The Morgan fingerprint density at radius 3 is 2.85 bits per heavy atom. The highest BCUT2D eigenvalue weighted by molar-refractivity contribution is 5.96. The van der Waals surface area contributed by atoms with Gasteiger partial charge in [-0.25, -0.2) is 4.98 Å². The van der Waals surface area contributed by atoms with E-state index < -0.39 is 12.0 Å². The number of para-hydroxylation sites is 1. The Kier molecular flexibility index (Phi) is 4.25. The molecule has 0 radical (unpaired) electrons. The lowest BCUT2D eigenvalue weighted by Crippen LogP contribution is -2.36. The zero-order valence-electron chi connectivity index (χ0n) is 14.3. The lowest BCUT2D eigenvalue weighted by atomic mass is 10.0. The number of nitrogens with zero attached hydrogens (tertiary/aromatic N) is 2. The Morgan fingerprint density at radius 1 is 1.22 bits per heavy atom. The van der Waals surface area contributed by atoms with Crippen LogP contribution in [0.5, 0.6) is 0 Å². The van der Waals surface area contributed by atoms with Crippen LogP contribution in [0.15, 0.2) is 42.5 Å². The second kappa shape index (κ2) is 6.61. The average Bonchev–Trinajstić information content (AvgIpc) is 3.06.